The first-order valence-corrected chi connectivity index (χ1v) is 7.62. The summed E-state index contributed by atoms with van der Waals surface area (Å²) in [7, 11) is 0. The monoisotopic (exact) mass is 330 g/mol. The van der Waals surface area contributed by atoms with Gasteiger partial charge in [-0.25, -0.2) is 9.97 Å². The van der Waals surface area contributed by atoms with Crippen molar-refractivity contribution in [1.29, 1.82) is 0 Å². The predicted octanol–water partition coefficient (Wildman–Crippen LogP) is 1.89. The topological polar surface area (TPSA) is 89.2 Å². The van der Waals surface area contributed by atoms with Crippen LogP contribution in [0, 0.1) is 0 Å². The number of aromatic nitrogens is 2. The molecule has 0 unspecified atom stereocenters. The zero-order valence-electron chi connectivity index (χ0n) is 12.3. The third-order valence-corrected chi connectivity index (χ3v) is 4.08. The van der Waals surface area contributed by atoms with E-state index < -0.39 is 11.9 Å². The van der Waals surface area contributed by atoms with Crippen LogP contribution in [0.25, 0.3) is 11.3 Å². The van der Waals surface area contributed by atoms with E-state index in [0.717, 1.165) is 12.0 Å². The number of halogens is 1. The Balaban J connectivity index is 1.90. The van der Waals surface area contributed by atoms with Crippen molar-refractivity contribution >= 4 is 23.4 Å². The molecule has 1 aliphatic heterocycles. The first kappa shape index (κ1) is 15.4. The molecule has 0 spiro atoms. The average Bonchev–Trinajstić information content (AvgIpc) is 3.04. The summed E-state index contributed by atoms with van der Waals surface area (Å²) in [6, 6.07) is 8.23. The molecule has 2 heterocycles. The quantitative estimate of drug-likeness (QED) is 0.930. The second kappa shape index (κ2) is 6.34. The van der Waals surface area contributed by atoms with Crippen molar-refractivity contribution < 1.29 is 9.59 Å². The highest BCUT2D eigenvalue weighted by molar-refractivity contribution is 6.30. The van der Waals surface area contributed by atoms with Crippen molar-refractivity contribution in [1.82, 2.24) is 14.9 Å². The van der Waals surface area contributed by atoms with Crippen molar-refractivity contribution in [2.45, 2.75) is 18.9 Å². The molecule has 118 valence electrons. The number of nitrogens with two attached hydrogens (primary N) is 1. The van der Waals surface area contributed by atoms with E-state index >= 15 is 0 Å². The van der Waals surface area contributed by atoms with Gasteiger partial charge >= 0.3 is 0 Å². The average molecular weight is 331 g/mol. The van der Waals surface area contributed by atoms with E-state index in [1.165, 1.54) is 11.2 Å². The highest BCUT2D eigenvalue weighted by atomic mass is 35.5. The van der Waals surface area contributed by atoms with Crippen molar-refractivity contribution in [3.05, 3.63) is 47.4 Å². The highest BCUT2D eigenvalue weighted by Gasteiger charge is 2.33. The Morgan fingerprint density at radius 1 is 1.26 bits per heavy atom. The molecule has 2 N–H and O–H groups in total. The second-order valence-corrected chi connectivity index (χ2v) is 5.79. The van der Waals surface area contributed by atoms with E-state index in [-0.39, 0.29) is 11.6 Å². The number of rotatable bonds is 3. The first-order chi connectivity index (χ1) is 11.1. The van der Waals surface area contributed by atoms with Gasteiger partial charge in [0.1, 0.15) is 18.1 Å². The lowest BCUT2D eigenvalue weighted by atomic mass is 10.1. The number of likely N-dealkylation sites (tertiary alicyclic amines) is 1. The highest BCUT2D eigenvalue weighted by Crippen LogP contribution is 2.23. The van der Waals surface area contributed by atoms with E-state index in [1.54, 1.807) is 18.2 Å². The van der Waals surface area contributed by atoms with E-state index in [0.29, 0.717) is 23.7 Å². The predicted molar refractivity (Wildman–Crippen MR) is 85.7 cm³/mol. The van der Waals surface area contributed by atoms with Crippen molar-refractivity contribution in [3.8, 4) is 11.3 Å². The minimum atomic E-state index is -0.563. The SMILES string of the molecule is NC(=O)[C@@H]1CCCN1C(=O)c1cc(-c2cccc(Cl)c2)ncn1. The van der Waals surface area contributed by atoms with Gasteiger partial charge < -0.3 is 10.6 Å². The summed E-state index contributed by atoms with van der Waals surface area (Å²) in [6.45, 7) is 0.503. The molecule has 23 heavy (non-hydrogen) atoms. The molecule has 1 saturated heterocycles. The van der Waals surface area contributed by atoms with Gasteiger partial charge in [0.25, 0.3) is 5.91 Å². The van der Waals surface area contributed by atoms with Gasteiger partial charge in [-0.15, -0.1) is 0 Å². The Bertz CT molecular complexity index is 765. The molecule has 0 aliphatic carbocycles. The molecule has 2 aromatic rings. The van der Waals surface area contributed by atoms with Crippen LogP contribution in [0.4, 0.5) is 0 Å². The van der Waals surface area contributed by atoms with Gasteiger partial charge in [0.15, 0.2) is 0 Å². The summed E-state index contributed by atoms with van der Waals surface area (Å²) in [5, 5.41) is 0.585. The largest absolute Gasteiger partial charge is 0.368 e. The first-order valence-electron chi connectivity index (χ1n) is 7.24. The summed E-state index contributed by atoms with van der Waals surface area (Å²) >= 11 is 5.98. The molecule has 7 heteroatoms. The van der Waals surface area contributed by atoms with Crippen molar-refractivity contribution in [3.63, 3.8) is 0 Å². The smallest absolute Gasteiger partial charge is 0.273 e. The van der Waals surface area contributed by atoms with Crippen LogP contribution in [-0.2, 0) is 4.79 Å². The second-order valence-electron chi connectivity index (χ2n) is 5.36. The zero-order chi connectivity index (χ0) is 16.4. The van der Waals surface area contributed by atoms with Crippen LogP contribution in [0.1, 0.15) is 23.3 Å². The summed E-state index contributed by atoms with van der Waals surface area (Å²) < 4.78 is 0. The van der Waals surface area contributed by atoms with Crippen LogP contribution in [0.3, 0.4) is 0 Å². The fourth-order valence-electron chi connectivity index (χ4n) is 2.73. The van der Waals surface area contributed by atoms with Crippen LogP contribution < -0.4 is 5.73 Å². The number of primary amides is 1. The maximum atomic E-state index is 12.6. The van der Waals surface area contributed by atoms with Gasteiger partial charge in [-0.2, -0.15) is 0 Å². The van der Waals surface area contributed by atoms with Crippen LogP contribution >= 0.6 is 11.6 Å². The summed E-state index contributed by atoms with van der Waals surface area (Å²) in [4.78, 5) is 33.8. The normalized spacial score (nSPS) is 17.3. The number of nitrogens with zero attached hydrogens (tertiary/aromatic N) is 3. The molecule has 1 aliphatic rings. The standard InChI is InChI=1S/C16H15ClN4O2/c17-11-4-1-3-10(7-11)12-8-13(20-9-19-12)16(23)21-6-2-5-14(21)15(18)22/h1,3-4,7-9,14H,2,5-6H2,(H2,18,22)/t14-/m0/s1. The fourth-order valence-corrected chi connectivity index (χ4v) is 2.92. The van der Waals surface area contributed by atoms with Crippen molar-refractivity contribution in [2.75, 3.05) is 6.54 Å². The van der Waals surface area contributed by atoms with Gasteiger partial charge in [0, 0.05) is 17.1 Å². The zero-order valence-corrected chi connectivity index (χ0v) is 13.0. The maximum Gasteiger partial charge on any atom is 0.273 e. The molecule has 3 rings (SSSR count). The molecule has 0 radical (unpaired) electrons. The summed E-state index contributed by atoms with van der Waals surface area (Å²) in [6.07, 6.45) is 2.68. The molecule has 0 saturated carbocycles. The maximum absolute atomic E-state index is 12.6. The van der Waals surface area contributed by atoms with Crippen LogP contribution in [0.2, 0.25) is 5.02 Å². The van der Waals surface area contributed by atoms with Gasteiger partial charge in [-0.3, -0.25) is 9.59 Å². The number of benzene rings is 1. The molecule has 1 aromatic carbocycles. The summed E-state index contributed by atoms with van der Waals surface area (Å²) in [5.41, 5.74) is 6.99. The lowest BCUT2D eigenvalue weighted by Gasteiger charge is -2.21. The molecule has 1 fully saturated rings. The third-order valence-electron chi connectivity index (χ3n) is 3.85. The van der Waals surface area contributed by atoms with Gasteiger partial charge in [-0.1, -0.05) is 23.7 Å². The lowest BCUT2D eigenvalue weighted by Crippen LogP contribution is -2.43. The number of carbonyl (C=O) groups excluding carboxylic acids is 2. The van der Waals surface area contributed by atoms with Crippen LogP contribution in [0.15, 0.2) is 36.7 Å². The van der Waals surface area contributed by atoms with E-state index in [2.05, 4.69) is 9.97 Å². The Morgan fingerprint density at radius 2 is 2.09 bits per heavy atom. The molecule has 6 nitrogen and oxygen atoms in total. The molecule has 1 aromatic heterocycles. The minimum absolute atomic E-state index is 0.239. The van der Waals surface area contributed by atoms with E-state index in [9.17, 15) is 9.59 Å². The minimum Gasteiger partial charge on any atom is -0.368 e. The number of hydrogen-bond donors (Lipinski definition) is 1. The van der Waals surface area contributed by atoms with Gasteiger partial charge in [-0.05, 0) is 31.0 Å². The van der Waals surface area contributed by atoms with Crippen molar-refractivity contribution in [2.24, 2.45) is 5.73 Å². The fraction of sp³-hybridized carbons (Fsp3) is 0.250. The van der Waals surface area contributed by atoms with Crippen LogP contribution in [0.5, 0.6) is 0 Å². The molecule has 0 bridgehead atoms. The van der Waals surface area contributed by atoms with Gasteiger partial charge in [0.2, 0.25) is 5.91 Å². The van der Waals surface area contributed by atoms with Gasteiger partial charge in [0.05, 0.1) is 5.69 Å². The Kier molecular flexibility index (Phi) is 4.25. The van der Waals surface area contributed by atoms with E-state index in [4.69, 9.17) is 17.3 Å². The Labute approximate surface area is 138 Å². The number of hydrogen-bond acceptors (Lipinski definition) is 4. The molecule has 2 amide bonds. The number of amides is 2. The number of carbonyl (C=O) groups is 2. The molecule has 1 atom stereocenters. The lowest BCUT2D eigenvalue weighted by molar-refractivity contribution is -0.121. The molecular formula is C16H15ClN4O2. The molecular weight excluding hydrogens is 316 g/mol. The third kappa shape index (κ3) is 3.17. The Hall–Kier alpha value is -2.47. The summed E-state index contributed by atoms with van der Waals surface area (Å²) in [5.74, 6) is -0.794. The van der Waals surface area contributed by atoms with Crippen LogP contribution in [-0.4, -0.2) is 39.3 Å². The Morgan fingerprint density at radius 3 is 2.83 bits per heavy atom. The van der Waals surface area contributed by atoms with E-state index in [1.807, 2.05) is 12.1 Å².